The van der Waals surface area contributed by atoms with Gasteiger partial charge in [0.05, 0.1) is 18.3 Å². The van der Waals surface area contributed by atoms with Gasteiger partial charge in [-0.25, -0.2) is 0 Å². The normalized spacial score (nSPS) is 15.3. The first-order chi connectivity index (χ1) is 14.1. The fourth-order valence-electron chi connectivity index (χ4n) is 2.85. The summed E-state index contributed by atoms with van der Waals surface area (Å²) in [5.74, 6) is -0.898. The van der Waals surface area contributed by atoms with Crippen LogP contribution >= 0.6 is 11.8 Å². The topological polar surface area (TPSA) is 75.7 Å². The molecule has 1 N–H and O–H groups in total. The molecule has 0 bridgehead atoms. The van der Waals surface area contributed by atoms with Crippen LogP contribution < -0.4 is 10.1 Å². The van der Waals surface area contributed by atoms with Crippen molar-refractivity contribution < 1.29 is 32.3 Å². The smallest absolute Gasteiger partial charge is 0.406 e. The van der Waals surface area contributed by atoms with E-state index in [9.17, 15) is 27.6 Å². The molecule has 0 spiro atoms. The second-order valence-corrected chi connectivity index (χ2v) is 7.47. The van der Waals surface area contributed by atoms with E-state index in [2.05, 4.69) is 10.1 Å². The number of nitrogens with zero attached hydrogens (tertiary/aromatic N) is 1. The Morgan fingerprint density at radius 3 is 2.50 bits per heavy atom. The minimum absolute atomic E-state index is 0.0853. The summed E-state index contributed by atoms with van der Waals surface area (Å²) in [5, 5.41) is 2.45. The number of rotatable bonds is 6. The summed E-state index contributed by atoms with van der Waals surface area (Å²) in [6.07, 6.45) is -4.77. The average Bonchev–Trinajstić information content (AvgIpc) is 2.99. The summed E-state index contributed by atoms with van der Waals surface area (Å²) >= 11 is 0.940. The molecule has 0 saturated carbocycles. The molecule has 30 heavy (non-hydrogen) atoms. The molecule has 1 unspecified atom stereocenters. The summed E-state index contributed by atoms with van der Waals surface area (Å²) < 4.78 is 40.6. The van der Waals surface area contributed by atoms with Crippen LogP contribution in [0.5, 0.6) is 5.75 Å². The van der Waals surface area contributed by atoms with Gasteiger partial charge < -0.3 is 10.1 Å². The van der Waals surface area contributed by atoms with Crippen LogP contribution in [0.15, 0.2) is 48.5 Å². The molecule has 1 aliphatic heterocycles. The van der Waals surface area contributed by atoms with Gasteiger partial charge in [-0.05, 0) is 42.3 Å². The number of carbonyl (C=O) groups excluding carboxylic acids is 3. The maximum absolute atomic E-state index is 12.6. The predicted molar refractivity (Wildman–Crippen MR) is 104 cm³/mol. The highest BCUT2D eigenvalue weighted by Gasteiger charge is 2.31. The summed E-state index contributed by atoms with van der Waals surface area (Å²) in [6.45, 7) is 1.78. The Labute approximate surface area is 174 Å². The number of imide groups is 1. The highest BCUT2D eigenvalue weighted by molar-refractivity contribution is 8.14. The van der Waals surface area contributed by atoms with Gasteiger partial charge in [0.1, 0.15) is 5.75 Å². The monoisotopic (exact) mass is 438 g/mol. The lowest BCUT2D eigenvalue weighted by atomic mass is 10.1. The zero-order valence-corrected chi connectivity index (χ0v) is 16.5. The minimum atomic E-state index is -4.77. The van der Waals surface area contributed by atoms with E-state index in [1.54, 1.807) is 31.2 Å². The fourth-order valence-corrected chi connectivity index (χ4v) is 3.57. The van der Waals surface area contributed by atoms with Gasteiger partial charge >= 0.3 is 6.36 Å². The van der Waals surface area contributed by atoms with Gasteiger partial charge in [0.15, 0.2) is 0 Å². The molecule has 1 atom stereocenters. The van der Waals surface area contributed by atoms with Crippen LogP contribution in [0.4, 0.5) is 18.0 Å². The summed E-state index contributed by atoms with van der Waals surface area (Å²) in [4.78, 5) is 37.2. The maximum atomic E-state index is 12.6. The van der Waals surface area contributed by atoms with Gasteiger partial charge in [-0.15, -0.1) is 13.2 Å². The third-order valence-electron chi connectivity index (χ3n) is 4.33. The molecule has 6 nitrogen and oxygen atoms in total. The number of hydrogen-bond acceptors (Lipinski definition) is 5. The molecule has 0 aliphatic carbocycles. The van der Waals surface area contributed by atoms with Crippen molar-refractivity contribution >= 4 is 28.8 Å². The van der Waals surface area contributed by atoms with Crippen molar-refractivity contribution in [2.75, 3.05) is 5.75 Å². The quantitative estimate of drug-likeness (QED) is 0.729. The number of hydrogen-bond donors (Lipinski definition) is 1. The second-order valence-electron chi connectivity index (χ2n) is 6.55. The first-order valence-electron chi connectivity index (χ1n) is 8.85. The maximum Gasteiger partial charge on any atom is 0.573 e. The van der Waals surface area contributed by atoms with Crippen LogP contribution in [0.25, 0.3) is 0 Å². The SMILES string of the molecule is CC(NC(=O)c1cccc(CN2C(=O)CSC2=O)c1)c1ccc(OC(F)(F)F)cc1. The molecule has 10 heteroatoms. The van der Waals surface area contributed by atoms with Crippen LogP contribution in [-0.2, 0) is 11.3 Å². The lowest BCUT2D eigenvalue weighted by Crippen LogP contribution is -2.29. The standard InChI is InChI=1S/C20H17F3N2O4S/c1-12(14-5-7-16(8-6-14)29-20(21,22)23)24-18(27)15-4-2-3-13(9-15)10-25-17(26)11-30-19(25)28/h2-9,12H,10-11H2,1H3,(H,24,27). The number of thioether (sulfide) groups is 1. The fraction of sp³-hybridized carbons (Fsp3) is 0.250. The van der Waals surface area contributed by atoms with Gasteiger partial charge in [0, 0.05) is 5.56 Å². The van der Waals surface area contributed by atoms with Gasteiger partial charge in [0.25, 0.3) is 11.1 Å². The molecule has 2 aromatic rings. The predicted octanol–water partition coefficient (Wildman–Crippen LogP) is 4.27. The van der Waals surface area contributed by atoms with E-state index in [-0.39, 0.29) is 29.2 Å². The number of carbonyl (C=O) groups is 3. The van der Waals surface area contributed by atoms with E-state index >= 15 is 0 Å². The third kappa shape index (κ3) is 5.53. The molecule has 0 aromatic heterocycles. The Morgan fingerprint density at radius 1 is 1.20 bits per heavy atom. The molecule has 3 amide bonds. The van der Waals surface area contributed by atoms with Crippen LogP contribution in [0.3, 0.4) is 0 Å². The number of ether oxygens (including phenoxy) is 1. The Hall–Kier alpha value is -3.01. The largest absolute Gasteiger partial charge is 0.573 e. The molecule has 3 rings (SSSR count). The highest BCUT2D eigenvalue weighted by Crippen LogP contribution is 2.25. The van der Waals surface area contributed by atoms with Gasteiger partial charge in [0.2, 0.25) is 5.91 Å². The molecular weight excluding hydrogens is 421 g/mol. The Kier molecular flexibility index (Phi) is 6.35. The van der Waals surface area contributed by atoms with Crippen molar-refractivity contribution in [2.45, 2.75) is 25.9 Å². The number of nitrogens with one attached hydrogen (secondary N) is 1. The van der Waals surface area contributed by atoms with E-state index in [0.29, 0.717) is 16.7 Å². The Balaban J connectivity index is 1.64. The summed E-state index contributed by atoms with van der Waals surface area (Å²) in [6, 6.07) is 11.3. The molecule has 2 aromatic carbocycles. The average molecular weight is 438 g/mol. The second kappa shape index (κ2) is 8.78. The van der Waals surface area contributed by atoms with Gasteiger partial charge in [-0.3, -0.25) is 19.3 Å². The molecule has 1 fully saturated rings. The lowest BCUT2D eigenvalue weighted by Gasteiger charge is -2.16. The zero-order chi connectivity index (χ0) is 21.9. The molecule has 158 valence electrons. The summed E-state index contributed by atoms with van der Waals surface area (Å²) in [5.41, 5.74) is 1.57. The van der Waals surface area contributed by atoms with E-state index < -0.39 is 18.3 Å². The van der Waals surface area contributed by atoms with Gasteiger partial charge in [-0.2, -0.15) is 0 Å². The van der Waals surface area contributed by atoms with E-state index in [1.165, 1.54) is 24.3 Å². The van der Waals surface area contributed by atoms with Crippen molar-refractivity contribution in [3.8, 4) is 5.75 Å². The minimum Gasteiger partial charge on any atom is -0.406 e. The third-order valence-corrected chi connectivity index (χ3v) is 5.19. The molecule has 0 radical (unpaired) electrons. The van der Waals surface area contributed by atoms with E-state index in [0.717, 1.165) is 16.7 Å². The lowest BCUT2D eigenvalue weighted by molar-refractivity contribution is -0.274. The Bertz CT molecular complexity index is 947. The number of halogens is 3. The van der Waals surface area contributed by atoms with Crippen molar-refractivity contribution in [1.82, 2.24) is 10.2 Å². The number of amides is 3. The van der Waals surface area contributed by atoms with E-state index in [4.69, 9.17) is 0 Å². The molecule has 1 heterocycles. The number of benzene rings is 2. The van der Waals surface area contributed by atoms with Crippen LogP contribution in [-0.4, -0.2) is 34.1 Å². The summed E-state index contributed by atoms with van der Waals surface area (Å²) in [7, 11) is 0. The van der Waals surface area contributed by atoms with Crippen LogP contribution in [0, 0.1) is 0 Å². The molecule has 1 saturated heterocycles. The van der Waals surface area contributed by atoms with Crippen molar-refractivity contribution in [3.63, 3.8) is 0 Å². The Morgan fingerprint density at radius 2 is 1.90 bits per heavy atom. The van der Waals surface area contributed by atoms with Crippen molar-refractivity contribution in [2.24, 2.45) is 0 Å². The van der Waals surface area contributed by atoms with Crippen molar-refractivity contribution in [1.29, 1.82) is 0 Å². The highest BCUT2D eigenvalue weighted by atomic mass is 32.2. The van der Waals surface area contributed by atoms with Crippen LogP contribution in [0.1, 0.15) is 34.5 Å². The first-order valence-corrected chi connectivity index (χ1v) is 9.83. The zero-order valence-electron chi connectivity index (χ0n) is 15.7. The molecular formula is C20H17F3N2O4S. The van der Waals surface area contributed by atoms with Crippen molar-refractivity contribution in [3.05, 3.63) is 65.2 Å². The number of alkyl halides is 3. The van der Waals surface area contributed by atoms with Crippen LogP contribution in [0.2, 0.25) is 0 Å². The molecule has 1 aliphatic rings. The van der Waals surface area contributed by atoms with E-state index in [1.807, 2.05) is 0 Å². The first kappa shape index (κ1) is 21.7. The van der Waals surface area contributed by atoms with Gasteiger partial charge in [-0.1, -0.05) is 36.0 Å².